The number of esters is 1. The lowest BCUT2D eigenvalue weighted by molar-refractivity contribution is -0.384. The molecule has 12 nitrogen and oxygen atoms in total. The van der Waals surface area contributed by atoms with Crippen LogP contribution in [0.5, 0.6) is 0 Å². The molecular formula is C19H21N5O7. The maximum Gasteiger partial charge on any atom is 0.338 e. The van der Waals surface area contributed by atoms with Gasteiger partial charge in [0, 0.05) is 33.3 Å². The fourth-order valence-corrected chi connectivity index (χ4v) is 3.43. The molecule has 2 aromatic rings. The topological polar surface area (TPSA) is 160 Å². The number of nitro groups is 1. The van der Waals surface area contributed by atoms with E-state index in [9.17, 15) is 29.3 Å². The van der Waals surface area contributed by atoms with E-state index in [-0.39, 0.29) is 17.1 Å². The molecule has 1 aromatic heterocycles. The second kappa shape index (κ2) is 8.42. The number of aromatic nitrogens is 2. The fraction of sp³-hybridized carbons (Fsp3) is 0.368. The highest BCUT2D eigenvalue weighted by Crippen LogP contribution is 2.31. The van der Waals surface area contributed by atoms with Crippen LogP contribution in [0, 0.1) is 10.1 Å². The van der Waals surface area contributed by atoms with Gasteiger partial charge in [0.2, 0.25) is 5.78 Å². The van der Waals surface area contributed by atoms with Crippen LogP contribution in [0.2, 0.25) is 0 Å². The lowest BCUT2D eigenvalue weighted by Crippen LogP contribution is -2.42. The van der Waals surface area contributed by atoms with E-state index >= 15 is 0 Å². The molecule has 0 saturated carbocycles. The van der Waals surface area contributed by atoms with E-state index in [0.29, 0.717) is 23.3 Å². The predicted octanol–water partition coefficient (Wildman–Crippen LogP) is 0.214. The van der Waals surface area contributed by atoms with Crippen LogP contribution in [0.15, 0.2) is 27.8 Å². The van der Waals surface area contributed by atoms with E-state index in [2.05, 4.69) is 0 Å². The number of ketones is 1. The molecule has 31 heavy (non-hydrogen) atoms. The normalized spacial score (nSPS) is 13.3. The van der Waals surface area contributed by atoms with Gasteiger partial charge in [-0.15, -0.1) is 0 Å². The van der Waals surface area contributed by atoms with E-state index in [4.69, 9.17) is 10.5 Å². The van der Waals surface area contributed by atoms with Gasteiger partial charge in [-0.2, -0.15) is 0 Å². The Bertz CT molecular complexity index is 1190. The Labute approximate surface area is 175 Å². The van der Waals surface area contributed by atoms with E-state index < -0.39 is 40.1 Å². The van der Waals surface area contributed by atoms with Crippen LogP contribution in [0.25, 0.3) is 0 Å². The fourth-order valence-electron chi connectivity index (χ4n) is 3.43. The van der Waals surface area contributed by atoms with Crippen molar-refractivity contribution in [3.05, 3.63) is 60.3 Å². The van der Waals surface area contributed by atoms with E-state index in [1.165, 1.54) is 26.2 Å². The summed E-state index contributed by atoms with van der Waals surface area (Å²) in [6.07, 6.45) is 1.85. The standard InChI is InChI=1S/C19H21N5O7/c1-21-16(20)15(17(26)22(2)19(21)28)14(25)10-31-18(27)11-5-6-12(13(9-11)24(29)30)23-7-3-4-8-23/h5-6,9H,3-4,7-8,10,20H2,1-2H3. The molecule has 1 fully saturated rings. The molecule has 0 aliphatic carbocycles. The van der Waals surface area contributed by atoms with Gasteiger partial charge in [-0.1, -0.05) is 0 Å². The van der Waals surface area contributed by atoms with E-state index in [0.717, 1.165) is 23.5 Å². The maximum absolute atomic E-state index is 12.4. The Morgan fingerprint density at radius 2 is 1.81 bits per heavy atom. The summed E-state index contributed by atoms with van der Waals surface area (Å²) < 4.78 is 6.59. The molecule has 1 aromatic carbocycles. The number of rotatable bonds is 6. The molecule has 1 aliphatic heterocycles. The summed E-state index contributed by atoms with van der Waals surface area (Å²) in [5.41, 5.74) is 3.68. The minimum Gasteiger partial charge on any atom is -0.454 e. The van der Waals surface area contributed by atoms with Crippen LogP contribution in [-0.4, -0.2) is 45.5 Å². The Kier molecular flexibility index (Phi) is 5.90. The van der Waals surface area contributed by atoms with Gasteiger partial charge in [0.25, 0.3) is 11.2 Å². The molecule has 0 amide bonds. The number of benzene rings is 1. The van der Waals surface area contributed by atoms with Crippen molar-refractivity contribution >= 4 is 28.9 Å². The first-order chi connectivity index (χ1) is 14.6. The number of nitro benzene ring substituents is 1. The van der Waals surface area contributed by atoms with Gasteiger partial charge in [-0.25, -0.2) is 9.59 Å². The molecule has 0 bridgehead atoms. The molecule has 2 N–H and O–H groups in total. The van der Waals surface area contributed by atoms with Crippen LogP contribution in [0.3, 0.4) is 0 Å². The summed E-state index contributed by atoms with van der Waals surface area (Å²) in [4.78, 5) is 61.6. The number of hydrogen-bond donors (Lipinski definition) is 1. The SMILES string of the molecule is Cn1c(N)c(C(=O)COC(=O)c2ccc(N3CCCC3)c([N+](=O)[O-])c2)c(=O)n(C)c1=O. The lowest BCUT2D eigenvalue weighted by atomic mass is 10.1. The van der Waals surface area contributed by atoms with Gasteiger partial charge in [0.05, 0.1) is 10.5 Å². The molecule has 1 aliphatic rings. The molecule has 12 heteroatoms. The third-order valence-electron chi connectivity index (χ3n) is 5.18. The van der Waals surface area contributed by atoms with Gasteiger partial charge in [0.1, 0.15) is 17.1 Å². The first kappa shape index (κ1) is 21.7. The maximum atomic E-state index is 12.4. The first-order valence-electron chi connectivity index (χ1n) is 9.42. The number of carbonyl (C=O) groups is 2. The monoisotopic (exact) mass is 431 g/mol. The summed E-state index contributed by atoms with van der Waals surface area (Å²) in [6.45, 7) is 0.558. The minimum absolute atomic E-state index is 0.108. The van der Waals surface area contributed by atoms with Crippen molar-refractivity contribution in [2.24, 2.45) is 14.1 Å². The van der Waals surface area contributed by atoms with Gasteiger partial charge in [-0.05, 0) is 25.0 Å². The average Bonchev–Trinajstić information content (AvgIpc) is 3.29. The molecule has 2 heterocycles. The number of carbonyl (C=O) groups excluding carboxylic acids is 2. The van der Waals surface area contributed by atoms with E-state index in [1.54, 1.807) is 0 Å². The van der Waals surface area contributed by atoms with Crippen molar-refractivity contribution in [1.29, 1.82) is 0 Å². The van der Waals surface area contributed by atoms with Crippen LogP contribution in [-0.2, 0) is 18.8 Å². The Morgan fingerprint density at radius 1 is 1.16 bits per heavy atom. The number of nitrogens with two attached hydrogens (primary N) is 1. The van der Waals surface area contributed by atoms with Crippen LogP contribution >= 0.6 is 0 Å². The van der Waals surface area contributed by atoms with Crippen LogP contribution in [0.1, 0.15) is 33.6 Å². The second-order valence-electron chi connectivity index (χ2n) is 7.12. The molecule has 0 unspecified atom stereocenters. The Hall–Kier alpha value is -3.96. The predicted molar refractivity (Wildman–Crippen MR) is 110 cm³/mol. The van der Waals surface area contributed by atoms with Crippen molar-refractivity contribution in [2.75, 3.05) is 30.3 Å². The van der Waals surface area contributed by atoms with Crippen LogP contribution < -0.4 is 21.9 Å². The number of Topliss-reactive ketones (excluding diaryl/α,β-unsaturated/α-hetero) is 1. The van der Waals surface area contributed by atoms with Crippen LogP contribution in [0.4, 0.5) is 17.2 Å². The van der Waals surface area contributed by atoms with Crippen molar-refractivity contribution in [3.63, 3.8) is 0 Å². The second-order valence-corrected chi connectivity index (χ2v) is 7.12. The van der Waals surface area contributed by atoms with Crippen molar-refractivity contribution in [2.45, 2.75) is 12.8 Å². The third kappa shape index (κ3) is 4.04. The molecule has 0 atom stereocenters. The summed E-state index contributed by atoms with van der Waals surface area (Å²) in [7, 11) is 2.48. The lowest BCUT2D eigenvalue weighted by Gasteiger charge is -2.17. The first-order valence-corrected chi connectivity index (χ1v) is 9.42. The number of ether oxygens (including phenoxy) is 1. The average molecular weight is 431 g/mol. The largest absolute Gasteiger partial charge is 0.454 e. The van der Waals surface area contributed by atoms with Gasteiger partial charge >= 0.3 is 11.7 Å². The molecule has 3 rings (SSSR count). The van der Waals surface area contributed by atoms with Crippen molar-refractivity contribution in [3.8, 4) is 0 Å². The van der Waals surface area contributed by atoms with Crippen molar-refractivity contribution < 1.29 is 19.2 Å². The van der Waals surface area contributed by atoms with Gasteiger partial charge in [0.15, 0.2) is 6.61 Å². The quantitative estimate of drug-likeness (QED) is 0.292. The van der Waals surface area contributed by atoms with Crippen molar-refractivity contribution in [1.82, 2.24) is 9.13 Å². The zero-order valence-electron chi connectivity index (χ0n) is 17.0. The van der Waals surface area contributed by atoms with Gasteiger partial charge < -0.3 is 15.4 Å². The number of nitrogens with zero attached hydrogens (tertiary/aromatic N) is 4. The highest BCUT2D eigenvalue weighted by molar-refractivity contribution is 6.02. The molecule has 0 spiro atoms. The summed E-state index contributed by atoms with van der Waals surface area (Å²) >= 11 is 0. The third-order valence-corrected chi connectivity index (χ3v) is 5.18. The van der Waals surface area contributed by atoms with Gasteiger partial charge in [-0.3, -0.25) is 28.8 Å². The zero-order valence-corrected chi connectivity index (χ0v) is 17.0. The molecule has 0 radical (unpaired) electrons. The zero-order chi connectivity index (χ0) is 22.9. The number of anilines is 2. The minimum atomic E-state index is -0.968. The Balaban J connectivity index is 1.81. The molecular weight excluding hydrogens is 410 g/mol. The summed E-state index contributed by atoms with van der Waals surface area (Å²) in [6, 6.07) is 3.95. The Morgan fingerprint density at radius 3 is 2.42 bits per heavy atom. The van der Waals surface area contributed by atoms with E-state index in [1.807, 2.05) is 4.90 Å². The number of nitrogen functional groups attached to an aromatic ring is 1. The summed E-state index contributed by atoms with van der Waals surface area (Å²) in [5.74, 6) is -2.21. The summed E-state index contributed by atoms with van der Waals surface area (Å²) in [5, 5.41) is 11.5. The number of hydrogen-bond acceptors (Lipinski definition) is 9. The smallest absolute Gasteiger partial charge is 0.338 e. The highest BCUT2D eigenvalue weighted by atomic mass is 16.6. The highest BCUT2D eigenvalue weighted by Gasteiger charge is 2.25. The molecule has 164 valence electrons. The molecule has 1 saturated heterocycles.